The monoisotopic (exact) mass is 376 g/mol. The highest BCUT2D eigenvalue weighted by molar-refractivity contribution is 6.33. The van der Waals surface area contributed by atoms with E-state index in [0.29, 0.717) is 33.4 Å². The number of aliphatic carboxylic acids is 1. The number of benzene rings is 2. The number of amides is 1. The summed E-state index contributed by atoms with van der Waals surface area (Å²) in [5.41, 5.74) is 3.96. The smallest absolute Gasteiger partial charge is 0.341 e. The zero-order valence-electron chi connectivity index (χ0n) is 14.2. The van der Waals surface area contributed by atoms with E-state index in [4.69, 9.17) is 26.2 Å². The van der Waals surface area contributed by atoms with E-state index < -0.39 is 18.5 Å². The first-order valence-electron chi connectivity index (χ1n) is 7.54. The number of halogens is 1. The third-order valence-corrected chi connectivity index (χ3v) is 3.71. The molecule has 0 aromatic heterocycles. The van der Waals surface area contributed by atoms with Crippen LogP contribution < -0.4 is 14.9 Å². The predicted molar refractivity (Wildman–Crippen MR) is 97.3 cm³/mol. The summed E-state index contributed by atoms with van der Waals surface area (Å²) >= 11 is 5.98. The van der Waals surface area contributed by atoms with Crippen molar-refractivity contribution in [3.63, 3.8) is 0 Å². The number of carboxylic acids is 1. The van der Waals surface area contributed by atoms with Crippen LogP contribution in [0.4, 0.5) is 0 Å². The zero-order valence-corrected chi connectivity index (χ0v) is 14.9. The molecule has 0 unspecified atom stereocenters. The van der Waals surface area contributed by atoms with E-state index in [0.717, 1.165) is 0 Å². The molecule has 2 aromatic rings. The van der Waals surface area contributed by atoms with Crippen LogP contribution >= 0.6 is 11.6 Å². The molecule has 0 aliphatic rings. The molecular formula is C18H17ClN2O5. The molecular weight excluding hydrogens is 360 g/mol. The van der Waals surface area contributed by atoms with E-state index in [9.17, 15) is 9.59 Å². The number of hydrazone groups is 1. The van der Waals surface area contributed by atoms with Crippen molar-refractivity contribution in [3.8, 4) is 11.5 Å². The van der Waals surface area contributed by atoms with Gasteiger partial charge < -0.3 is 14.6 Å². The second-order valence-corrected chi connectivity index (χ2v) is 5.57. The highest BCUT2D eigenvalue weighted by Gasteiger charge is 2.11. The summed E-state index contributed by atoms with van der Waals surface area (Å²) in [5.74, 6) is -0.859. The molecule has 0 aliphatic heterocycles. The summed E-state index contributed by atoms with van der Waals surface area (Å²) in [6, 6.07) is 11.5. The SMILES string of the molecule is COc1cc(/C(C)=N\NC(=O)c2ccccc2Cl)ccc1OCC(=O)O. The molecule has 2 rings (SSSR count). The first-order chi connectivity index (χ1) is 12.4. The Labute approximate surface area is 155 Å². The Bertz CT molecular complexity index is 851. The third-order valence-electron chi connectivity index (χ3n) is 3.38. The number of carbonyl (C=O) groups excluding carboxylic acids is 1. The van der Waals surface area contributed by atoms with Crippen molar-refractivity contribution in [3.05, 3.63) is 58.6 Å². The molecule has 0 fully saturated rings. The number of methoxy groups -OCH3 is 1. The lowest BCUT2D eigenvalue weighted by atomic mass is 10.1. The van der Waals surface area contributed by atoms with E-state index >= 15 is 0 Å². The minimum Gasteiger partial charge on any atom is -0.493 e. The average molecular weight is 377 g/mol. The Hall–Kier alpha value is -3.06. The summed E-state index contributed by atoms with van der Waals surface area (Å²) in [7, 11) is 1.44. The van der Waals surface area contributed by atoms with Crippen LogP contribution in [0, 0.1) is 0 Å². The van der Waals surface area contributed by atoms with Crippen molar-refractivity contribution in [2.45, 2.75) is 6.92 Å². The van der Waals surface area contributed by atoms with E-state index in [2.05, 4.69) is 10.5 Å². The van der Waals surface area contributed by atoms with Gasteiger partial charge in [-0.15, -0.1) is 0 Å². The summed E-state index contributed by atoms with van der Waals surface area (Å²) < 4.78 is 10.3. The first-order valence-corrected chi connectivity index (χ1v) is 7.92. The molecule has 26 heavy (non-hydrogen) atoms. The number of hydrogen-bond donors (Lipinski definition) is 2. The van der Waals surface area contributed by atoms with Crippen LogP contribution in [0.15, 0.2) is 47.6 Å². The number of ether oxygens (including phenoxy) is 2. The number of carboxylic acid groups (broad SMARTS) is 1. The average Bonchev–Trinajstić information content (AvgIpc) is 2.64. The number of hydrogen-bond acceptors (Lipinski definition) is 5. The molecule has 0 saturated carbocycles. The van der Waals surface area contributed by atoms with Crippen LogP contribution in [0.1, 0.15) is 22.8 Å². The lowest BCUT2D eigenvalue weighted by molar-refractivity contribution is -0.139. The Morgan fingerprint density at radius 2 is 1.92 bits per heavy atom. The van der Waals surface area contributed by atoms with E-state index in [1.807, 2.05) is 0 Å². The summed E-state index contributed by atoms with van der Waals surface area (Å²) in [6.45, 7) is 1.23. The number of rotatable bonds is 7. The fourth-order valence-electron chi connectivity index (χ4n) is 2.06. The van der Waals surface area contributed by atoms with Crippen molar-refractivity contribution in [1.29, 1.82) is 0 Å². The van der Waals surface area contributed by atoms with Gasteiger partial charge in [-0.25, -0.2) is 10.2 Å². The quantitative estimate of drug-likeness (QED) is 0.572. The Morgan fingerprint density at radius 3 is 2.58 bits per heavy atom. The van der Waals surface area contributed by atoms with Gasteiger partial charge in [-0.3, -0.25) is 4.79 Å². The van der Waals surface area contributed by atoms with E-state index in [-0.39, 0.29) is 0 Å². The molecule has 0 heterocycles. The normalized spacial score (nSPS) is 11.0. The van der Waals surface area contributed by atoms with Crippen LogP contribution in [0.2, 0.25) is 5.02 Å². The van der Waals surface area contributed by atoms with Gasteiger partial charge in [-0.1, -0.05) is 23.7 Å². The first kappa shape index (κ1) is 19.3. The fourth-order valence-corrected chi connectivity index (χ4v) is 2.28. The van der Waals surface area contributed by atoms with Gasteiger partial charge in [-0.2, -0.15) is 5.10 Å². The van der Waals surface area contributed by atoms with Gasteiger partial charge in [0.25, 0.3) is 5.91 Å². The van der Waals surface area contributed by atoms with Crippen LogP contribution in [-0.4, -0.2) is 36.4 Å². The summed E-state index contributed by atoms with van der Waals surface area (Å²) in [5, 5.41) is 13.1. The topological polar surface area (TPSA) is 97.2 Å². The van der Waals surface area contributed by atoms with Gasteiger partial charge in [0.1, 0.15) is 0 Å². The fraction of sp³-hybridized carbons (Fsp3) is 0.167. The van der Waals surface area contributed by atoms with Crippen molar-refractivity contribution in [1.82, 2.24) is 5.43 Å². The molecule has 8 heteroatoms. The molecule has 2 N–H and O–H groups in total. The molecule has 0 aliphatic carbocycles. The van der Waals surface area contributed by atoms with Gasteiger partial charge in [0, 0.05) is 5.56 Å². The largest absolute Gasteiger partial charge is 0.493 e. The van der Waals surface area contributed by atoms with Gasteiger partial charge in [0.15, 0.2) is 18.1 Å². The molecule has 0 atom stereocenters. The molecule has 136 valence electrons. The van der Waals surface area contributed by atoms with Crippen molar-refractivity contribution in [2.24, 2.45) is 5.10 Å². The maximum Gasteiger partial charge on any atom is 0.341 e. The lowest BCUT2D eigenvalue weighted by Gasteiger charge is -2.11. The van der Waals surface area contributed by atoms with Gasteiger partial charge >= 0.3 is 5.97 Å². The van der Waals surface area contributed by atoms with E-state index in [1.165, 1.54) is 7.11 Å². The lowest BCUT2D eigenvalue weighted by Crippen LogP contribution is -2.19. The molecule has 0 bridgehead atoms. The Balaban J connectivity index is 2.14. The zero-order chi connectivity index (χ0) is 19.1. The molecule has 0 spiro atoms. The maximum atomic E-state index is 12.1. The maximum absolute atomic E-state index is 12.1. The molecule has 0 radical (unpaired) electrons. The van der Waals surface area contributed by atoms with Gasteiger partial charge in [0.05, 0.1) is 23.4 Å². The molecule has 1 amide bonds. The minimum absolute atomic E-state index is 0.298. The van der Waals surface area contributed by atoms with Gasteiger partial charge in [0.2, 0.25) is 0 Å². The predicted octanol–water partition coefficient (Wildman–Crippen LogP) is 2.97. The molecule has 7 nitrogen and oxygen atoms in total. The van der Waals surface area contributed by atoms with Crippen molar-refractivity contribution < 1.29 is 24.2 Å². The minimum atomic E-state index is -1.09. The van der Waals surface area contributed by atoms with Crippen LogP contribution in [0.3, 0.4) is 0 Å². The second-order valence-electron chi connectivity index (χ2n) is 5.17. The summed E-state index contributed by atoms with van der Waals surface area (Å²) in [4.78, 5) is 22.7. The van der Waals surface area contributed by atoms with Gasteiger partial charge in [-0.05, 0) is 37.3 Å². The summed E-state index contributed by atoms with van der Waals surface area (Å²) in [6.07, 6.45) is 0. The standard InChI is InChI=1S/C18H17ClN2O5/c1-11(20-21-18(24)13-5-3-4-6-14(13)19)12-7-8-15(16(9-12)25-2)26-10-17(22)23/h3-9H,10H2,1-2H3,(H,21,24)(H,22,23)/b20-11-. The number of carbonyl (C=O) groups is 2. The number of nitrogens with one attached hydrogen (secondary N) is 1. The van der Waals surface area contributed by atoms with E-state index in [1.54, 1.807) is 49.4 Å². The van der Waals surface area contributed by atoms with Crippen molar-refractivity contribution in [2.75, 3.05) is 13.7 Å². The van der Waals surface area contributed by atoms with Crippen LogP contribution in [0.5, 0.6) is 11.5 Å². The van der Waals surface area contributed by atoms with Crippen LogP contribution in [0.25, 0.3) is 0 Å². The number of nitrogens with zero attached hydrogens (tertiary/aromatic N) is 1. The Kier molecular flexibility index (Phi) is 6.57. The van der Waals surface area contributed by atoms with Crippen LogP contribution in [-0.2, 0) is 4.79 Å². The highest BCUT2D eigenvalue weighted by atomic mass is 35.5. The Morgan fingerprint density at radius 1 is 1.19 bits per heavy atom. The second kappa shape index (κ2) is 8.87. The molecule has 2 aromatic carbocycles. The molecule has 0 saturated heterocycles. The highest BCUT2D eigenvalue weighted by Crippen LogP contribution is 2.28. The van der Waals surface area contributed by atoms with Crippen molar-refractivity contribution >= 4 is 29.2 Å². The third kappa shape index (κ3) is 4.97.